The number of likely N-dealkylation sites (tertiary alicyclic amines) is 1. The summed E-state index contributed by atoms with van der Waals surface area (Å²) >= 11 is 1.05. The smallest absolute Gasteiger partial charge is 0.277 e. The van der Waals surface area contributed by atoms with E-state index in [1.54, 1.807) is 0 Å². The van der Waals surface area contributed by atoms with Crippen LogP contribution in [-0.4, -0.2) is 51.7 Å². The average molecular weight is 388 g/mol. The minimum atomic E-state index is -0.489. The highest BCUT2D eigenvalue weighted by atomic mass is 32.2. The molecule has 1 aliphatic rings. The maximum atomic E-state index is 11.9. The molecule has 27 heavy (non-hydrogen) atoms. The number of aromatic nitrogens is 2. The molecule has 1 aromatic carbocycles. The molecule has 142 valence electrons. The molecule has 1 aromatic heterocycles. The van der Waals surface area contributed by atoms with Crippen LogP contribution in [0.3, 0.4) is 0 Å². The van der Waals surface area contributed by atoms with Gasteiger partial charge in [0.05, 0.1) is 12.3 Å². The number of thioether (sulfide) groups is 1. The summed E-state index contributed by atoms with van der Waals surface area (Å²) in [5.74, 6) is -0.668. The Morgan fingerprint density at radius 1 is 1.19 bits per heavy atom. The lowest BCUT2D eigenvalue weighted by molar-refractivity contribution is -0.135. The third-order valence-electron chi connectivity index (χ3n) is 3.99. The maximum Gasteiger partial charge on any atom is 0.277 e. The second-order valence-corrected chi connectivity index (χ2v) is 7.35. The number of rotatable bonds is 6. The van der Waals surface area contributed by atoms with Gasteiger partial charge < -0.3 is 9.32 Å². The lowest BCUT2D eigenvalue weighted by atomic mass is 10.1. The van der Waals surface area contributed by atoms with Gasteiger partial charge in [-0.1, -0.05) is 29.0 Å². The van der Waals surface area contributed by atoms with Crippen molar-refractivity contribution in [1.82, 2.24) is 20.4 Å². The van der Waals surface area contributed by atoms with Gasteiger partial charge in [-0.3, -0.25) is 19.7 Å². The Balaban J connectivity index is 1.50. The van der Waals surface area contributed by atoms with Crippen LogP contribution in [0.15, 0.2) is 27.8 Å². The van der Waals surface area contributed by atoms with Gasteiger partial charge >= 0.3 is 0 Å². The number of aryl methyl sites for hydroxylation is 2. The van der Waals surface area contributed by atoms with Crippen LogP contribution < -0.4 is 5.32 Å². The Hall–Kier alpha value is -2.68. The Bertz CT molecular complexity index is 860. The first-order chi connectivity index (χ1) is 12.9. The summed E-state index contributed by atoms with van der Waals surface area (Å²) in [5, 5.41) is 10.4. The van der Waals surface area contributed by atoms with E-state index in [0.717, 1.165) is 34.9 Å². The third kappa shape index (κ3) is 5.16. The lowest BCUT2D eigenvalue weighted by Crippen LogP contribution is -2.41. The molecule has 0 bridgehead atoms. The monoisotopic (exact) mass is 388 g/mol. The molecular weight excluding hydrogens is 368 g/mol. The highest BCUT2D eigenvalue weighted by Crippen LogP contribution is 2.24. The van der Waals surface area contributed by atoms with E-state index in [2.05, 4.69) is 15.5 Å². The van der Waals surface area contributed by atoms with Crippen molar-refractivity contribution in [3.05, 3.63) is 29.3 Å². The Morgan fingerprint density at radius 3 is 2.59 bits per heavy atom. The molecule has 1 N–H and O–H groups in total. The van der Waals surface area contributed by atoms with Crippen LogP contribution in [-0.2, 0) is 14.4 Å². The largest absolute Gasteiger partial charge is 0.411 e. The van der Waals surface area contributed by atoms with Gasteiger partial charge in [0, 0.05) is 18.5 Å². The fraction of sp³-hybridized carbons (Fsp3) is 0.389. The van der Waals surface area contributed by atoms with E-state index >= 15 is 0 Å². The number of nitrogens with one attached hydrogen (secondary N) is 1. The van der Waals surface area contributed by atoms with Crippen molar-refractivity contribution in [2.75, 3.05) is 18.8 Å². The quantitative estimate of drug-likeness (QED) is 0.751. The summed E-state index contributed by atoms with van der Waals surface area (Å²) < 4.78 is 5.58. The normalized spacial score (nSPS) is 13.9. The number of hydrogen-bond acceptors (Lipinski definition) is 7. The zero-order chi connectivity index (χ0) is 19.4. The molecule has 1 fully saturated rings. The second kappa shape index (κ2) is 8.34. The SMILES string of the molecule is Cc1cc(C)cc(-c2nnc(SCC(=O)NC(=O)CN3CCCC3=O)o2)c1. The molecule has 0 spiro atoms. The molecule has 2 aromatic rings. The fourth-order valence-electron chi connectivity index (χ4n) is 2.89. The van der Waals surface area contributed by atoms with Gasteiger partial charge in [0.1, 0.15) is 0 Å². The number of hydrogen-bond donors (Lipinski definition) is 1. The lowest BCUT2D eigenvalue weighted by Gasteiger charge is -2.14. The summed E-state index contributed by atoms with van der Waals surface area (Å²) in [7, 11) is 0. The van der Waals surface area contributed by atoms with Crippen LogP contribution in [0.2, 0.25) is 0 Å². The Kier molecular flexibility index (Phi) is 5.90. The van der Waals surface area contributed by atoms with Crippen molar-refractivity contribution in [3.8, 4) is 11.5 Å². The van der Waals surface area contributed by atoms with Gasteiger partial charge in [0.25, 0.3) is 5.22 Å². The molecule has 9 heteroatoms. The topological polar surface area (TPSA) is 105 Å². The predicted octanol–water partition coefficient (Wildman–Crippen LogP) is 1.71. The van der Waals surface area contributed by atoms with E-state index in [-0.39, 0.29) is 23.4 Å². The number of nitrogens with zero attached hydrogens (tertiary/aromatic N) is 3. The molecule has 1 aliphatic heterocycles. The third-order valence-corrected chi connectivity index (χ3v) is 4.80. The van der Waals surface area contributed by atoms with Gasteiger partial charge in [-0.05, 0) is 32.4 Å². The zero-order valence-corrected chi connectivity index (χ0v) is 16.0. The van der Waals surface area contributed by atoms with Crippen molar-refractivity contribution < 1.29 is 18.8 Å². The number of carbonyl (C=O) groups is 3. The van der Waals surface area contributed by atoms with Gasteiger partial charge in [-0.2, -0.15) is 0 Å². The molecule has 0 radical (unpaired) electrons. The molecular formula is C18H20N4O4S. The molecule has 0 atom stereocenters. The van der Waals surface area contributed by atoms with Crippen molar-refractivity contribution in [1.29, 1.82) is 0 Å². The van der Waals surface area contributed by atoms with E-state index in [0.29, 0.717) is 18.9 Å². The molecule has 3 rings (SSSR count). The van der Waals surface area contributed by atoms with Crippen LogP contribution in [0.25, 0.3) is 11.5 Å². The summed E-state index contributed by atoms with van der Waals surface area (Å²) in [5.41, 5.74) is 3.00. The Morgan fingerprint density at radius 2 is 1.93 bits per heavy atom. The Labute approximate surface area is 160 Å². The van der Waals surface area contributed by atoms with Gasteiger partial charge in [0.15, 0.2) is 0 Å². The summed E-state index contributed by atoms with van der Waals surface area (Å²) in [6, 6.07) is 5.94. The van der Waals surface area contributed by atoms with Gasteiger partial charge in [0.2, 0.25) is 23.6 Å². The van der Waals surface area contributed by atoms with Crippen LogP contribution in [0.4, 0.5) is 0 Å². The summed E-state index contributed by atoms with van der Waals surface area (Å²) in [4.78, 5) is 36.7. The van der Waals surface area contributed by atoms with E-state index in [1.807, 2.05) is 32.0 Å². The van der Waals surface area contributed by atoms with Crippen LogP contribution >= 0.6 is 11.8 Å². The highest BCUT2D eigenvalue weighted by molar-refractivity contribution is 7.99. The number of amides is 3. The van der Waals surface area contributed by atoms with Crippen molar-refractivity contribution >= 4 is 29.5 Å². The molecule has 1 saturated heterocycles. The average Bonchev–Trinajstić information content (AvgIpc) is 3.22. The fourth-order valence-corrected chi connectivity index (χ4v) is 3.45. The van der Waals surface area contributed by atoms with E-state index in [9.17, 15) is 14.4 Å². The predicted molar refractivity (Wildman–Crippen MR) is 98.9 cm³/mol. The molecule has 0 unspecified atom stereocenters. The van der Waals surface area contributed by atoms with Crippen molar-refractivity contribution in [3.63, 3.8) is 0 Å². The molecule has 3 amide bonds. The van der Waals surface area contributed by atoms with Crippen LogP contribution in [0.5, 0.6) is 0 Å². The molecule has 0 saturated carbocycles. The van der Waals surface area contributed by atoms with Gasteiger partial charge in [-0.15, -0.1) is 10.2 Å². The van der Waals surface area contributed by atoms with E-state index < -0.39 is 11.8 Å². The van der Waals surface area contributed by atoms with Crippen molar-refractivity contribution in [2.24, 2.45) is 0 Å². The second-order valence-electron chi connectivity index (χ2n) is 6.43. The van der Waals surface area contributed by atoms with E-state index in [4.69, 9.17) is 4.42 Å². The first kappa shape index (κ1) is 19.1. The highest BCUT2D eigenvalue weighted by Gasteiger charge is 2.23. The van der Waals surface area contributed by atoms with Crippen LogP contribution in [0, 0.1) is 13.8 Å². The number of imide groups is 1. The van der Waals surface area contributed by atoms with E-state index in [1.165, 1.54) is 4.90 Å². The van der Waals surface area contributed by atoms with Crippen molar-refractivity contribution in [2.45, 2.75) is 31.9 Å². The molecule has 2 heterocycles. The van der Waals surface area contributed by atoms with Crippen LogP contribution in [0.1, 0.15) is 24.0 Å². The minimum Gasteiger partial charge on any atom is -0.411 e. The zero-order valence-electron chi connectivity index (χ0n) is 15.2. The molecule has 8 nitrogen and oxygen atoms in total. The summed E-state index contributed by atoms with van der Waals surface area (Å²) in [6.07, 6.45) is 1.20. The van der Waals surface area contributed by atoms with Gasteiger partial charge in [-0.25, -0.2) is 0 Å². The summed E-state index contributed by atoms with van der Waals surface area (Å²) in [6.45, 7) is 4.43. The maximum absolute atomic E-state index is 11.9. The first-order valence-corrected chi connectivity index (χ1v) is 9.55. The number of carbonyl (C=O) groups excluding carboxylic acids is 3. The standard InChI is InChI=1S/C18H20N4O4S/c1-11-6-12(2)8-13(7-11)17-20-21-18(26-17)27-10-15(24)19-14(23)9-22-5-3-4-16(22)25/h6-8H,3-5,9-10H2,1-2H3,(H,19,23,24). The minimum absolute atomic E-state index is 0.0336. The first-order valence-electron chi connectivity index (χ1n) is 8.56. The number of benzene rings is 1. The molecule has 0 aliphatic carbocycles.